The lowest BCUT2D eigenvalue weighted by atomic mass is 10.1. The Labute approximate surface area is 172 Å². The number of amides is 2. The summed E-state index contributed by atoms with van der Waals surface area (Å²) in [7, 11) is 0. The van der Waals surface area contributed by atoms with Crippen LogP contribution >= 0.6 is 11.8 Å². The van der Waals surface area contributed by atoms with Crippen LogP contribution in [0.3, 0.4) is 0 Å². The Balaban J connectivity index is 1.57. The Hall–Kier alpha value is -3.27. The summed E-state index contributed by atoms with van der Waals surface area (Å²) in [6.07, 6.45) is 3.11. The average Bonchev–Trinajstić information content (AvgIpc) is 3.13. The highest BCUT2D eigenvalue weighted by Gasteiger charge is 2.15. The number of hydrogen-bond donors (Lipinski definition) is 2. The second kappa shape index (κ2) is 9.78. The Kier molecular flexibility index (Phi) is 6.90. The van der Waals surface area contributed by atoms with Crippen molar-refractivity contribution in [3.05, 3.63) is 59.7 Å². The minimum Gasteiger partial charge on any atom is -0.345 e. The topological polar surface area (TPSA) is 115 Å². The van der Waals surface area contributed by atoms with Crippen molar-refractivity contribution in [1.82, 2.24) is 30.0 Å². The number of anilines is 1. The number of hydrogen-bond acceptors (Lipinski definition) is 7. The molecule has 2 amide bonds. The quantitative estimate of drug-likeness (QED) is 0.545. The van der Waals surface area contributed by atoms with Crippen LogP contribution < -0.4 is 10.6 Å². The molecule has 0 saturated carbocycles. The Morgan fingerprint density at radius 2 is 1.86 bits per heavy atom. The molecular weight excluding hydrogens is 390 g/mol. The normalized spacial score (nSPS) is 10.6. The van der Waals surface area contributed by atoms with Gasteiger partial charge in [0.25, 0.3) is 5.91 Å². The van der Waals surface area contributed by atoms with Crippen molar-refractivity contribution in [3.63, 3.8) is 0 Å². The summed E-state index contributed by atoms with van der Waals surface area (Å²) in [6.45, 7) is 4.72. The van der Waals surface area contributed by atoms with Gasteiger partial charge in [0, 0.05) is 24.5 Å². The largest absolute Gasteiger partial charge is 0.345 e. The van der Waals surface area contributed by atoms with Crippen molar-refractivity contribution in [2.75, 3.05) is 11.1 Å². The average molecular weight is 411 g/mol. The summed E-state index contributed by atoms with van der Waals surface area (Å²) in [4.78, 5) is 32.4. The van der Waals surface area contributed by atoms with Gasteiger partial charge in [-0.25, -0.2) is 9.97 Å². The number of carbonyl (C=O) groups excluding carboxylic acids is 2. The fourth-order valence-corrected chi connectivity index (χ4v) is 3.43. The van der Waals surface area contributed by atoms with E-state index in [0.29, 0.717) is 23.1 Å². The van der Waals surface area contributed by atoms with Crippen LogP contribution in [0.15, 0.2) is 47.9 Å². The highest BCUT2D eigenvalue weighted by molar-refractivity contribution is 7.99. The van der Waals surface area contributed by atoms with E-state index in [1.54, 1.807) is 24.5 Å². The molecule has 0 aliphatic rings. The summed E-state index contributed by atoms with van der Waals surface area (Å²) in [6, 6.07) is 9.07. The van der Waals surface area contributed by atoms with E-state index in [1.165, 1.54) is 11.8 Å². The first-order valence-electron chi connectivity index (χ1n) is 9.04. The van der Waals surface area contributed by atoms with Crippen molar-refractivity contribution in [2.24, 2.45) is 0 Å². The molecule has 0 saturated heterocycles. The summed E-state index contributed by atoms with van der Waals surface area (Å²) in [5, 5.41) is 14.4. The van der Waals surface area contributed by atoms with Gasteiger partial charge in [-0.3, -0.25) is 14.9 Å². The van der Waals surface area contributed by atoms with Gasteiger partial charge >= 0.3 is 0 Å². The van der Waals surface area contributed by atoms with Crippen molar-refractivity contribution >= 4 is 29.5 Å². The minimum atomic E-state index is -0.235. The fourth-order valence-electron chi connectivity index (χ4n) is 2.61. The van der Waals surface area contributed by atoms with Crippen molar-refractivity contribution in [2.45, 2.75) is 32.1 Å². The SMILES string of the molecule is CCn1c(CNC(=O)c2ccccc2C)nnc1SCC(=O)Nc1ncccn1. The van der Waals surface area contributed by atoms with Crippen LogP contribution in [0.1, 0.15) is 28.7 Å². The van der Waals surface area contributed by atoms with Crippen LogP contribution in [0, 0.1) is 6.92 Å². The number of nitrogens with zero attached hydrogens (tertiary/aromatic N) is 5. The molecule has 150 valence electrons. The molecule has 0 spiro atoms. The maximum absolute atomic E-state index is 12.4. The van der Waals surface area contributed by atoms with Crippen LogP contribution in [0.25, 0.3) is 0 Å². The number of carbonyl (C=O) groups is 2. The lowest BCUT2D eigenvalue weighted by molar-refractivity contribution is -0.113. The molecular formula is C19H21N7O2S. The van der Waals surface area contributed by atoms with Gasteiger partial charge in [0.15, 0.2) is 11.0 Å². The van der Waals surface area contributed by atoms with Gasteiger partial charge in [-0.15, -0.1) is 10.2 Å². The predicted octanol–water partition coefficient (Wildman–Crippen LogP) is 2.06. The molecule has 0 unspecified atom stereocenters. The first-order chi connectivity index (χ1) is 14.1. The highest BCUT2D eigenvalue weighted by atomic mass is 32.2. The van der Waals surface area contributed by atoms with Gasteiger partial charge < -0.3 is 9.88 Å². The second-order valence-electron chi connectivity index (χ2n) is 6.05. The minimum absolute atomic E-state index is 0.145. The van der Waals surface area contributed by atoms with Gasteiger partial charge in [-0.1, -0.05) is 30.0 Å². The van der Waals surface area contributed by atoms with E-state index in [9.17, 15) is 9.59 Å². The maximum Gasteiger partial charge on any atom is 0.251 e. The number of benzene rings is 1. The molecule has 29 heavy (non-hydrogen) atoms. The van der Waals surface area contributed by atoms with Crippen molar-refractivity contribution in [3.8, 4) is 0 Å². The van der Waals surface area contributed by atoms with E-state index < -0.39 is 0 Å². The second-order valence-corrected chi connectivity index (χ2v) is 6.99. The lowest BCUT2D eigenvalue weighted by Crippen LogP contribution is -2.25. The molecule has 0 aliphatic carbocycles. The Morgan fingerprint density at radius 1 is 1.10 bits per heavy atom. The molecule has 2 N–H and O–H groups in total. The molecule has 0 bridgehead atoms. The summed E-state index contributed by atoms with van der Waals surface area (Å²) < 4.78 is 1.87. The molecule has 9 nitrogen and oxygen atoms in total. The smallest absolute Gasteiger partial charge is 0.251 e. The molecule has 0 fully saturated rings. The lowest BCUT2D eigenvalue weighted by Gasteiger charge is -2.09. The fraction of sp³-hybridized carbons (Fsp3) is 0.263. The number of aromatic nitrogens is 5. The van der Waals surface area contributed by atoms with Crippen molar-refractivity contribution < 1.29 is 9.59 Å². The van der Waals surface area contributed by atoms with Crippen LogP contribution in [-0.4, -0.2) is 42.3 Å². The number of nitrogens with one attached hydrogen (secondary N) is 2. The van der Waals surface area contributed by atoms with Crippen LogP contribution in [0.4, 0.5) is 5.95 Å². The monoisotopic (exact) mass is 411 g/mol. The third-order valence-corrected chi connectivity index (χ3v) is 5.02. The molecule has 0 atom stereocenters. The Morgan fingerprint density at radius 3 is 2.59 bits per heavy atom. The zero-order valence-electron chi connectivity index (χ0n) is 16.1. The molecule has 0 aliphatic heterocycles. The predicted molar refractivity (Wildman–Crippen MR) is 109 cm³/mol. The molecule has 1 aromatic carbocycles. The summed E-state index contributed by atoms with van der Waals surface area (Å²) >= 11 is 1.26. The third-order valence-electron chi connectivity index (χ3n) is 4.06. The number of thioether (sulfide) groups is 1. The standard InChI is InChI=1S/C19H21N7O2S/c1-3-26-15(11-22-17(28)14-8-5-4-7-13(14)2)24-25-19(26)29-12-16(27)23-18-20-9-6-10-21-18/h4-10H,3,11-12H2,1-2H3,(H,22,28)(H,20,21,23,27). The van der Waals surface area contributed by atoms with E-state index in [0.717, 1.165) is 5.56 Å². The number of aryl methyl sites for hydroxylation is 1. The van der Waals surface area contributed by atoms with E-state index in [-0.39, 0.29) is 30.1 Å². The zero-order chi connectivity index (χ0) is 20.6. The number of rotatable bonds is 8. The van der Waals surface area contributed by atoms with Gasteiger partial charge in [0.2, 0.25) is 11.9 Å². The van der Waals surface area contributed by atoms with Crippen LogP contribution in [-0.2, 0) is 17.9 Å². The van der Waals surface area contributed by atoms with E-state index in [2.05, 4.69) is 30.8 Å². The third kappa shape index (κ3) is 5.38. The molecule has 3 aromatic rings. The van der Waals surface area contributed by atoms with Crippen LogP contribution in [0.2, 0.25) is 0 Å². The molecule has 2 heterocycles. The van der Waals surface area contributed by atoms with E-state index in [1.807, 2.05) is 36.6 Å². The highest BCUT2D eigenvalue weighted by Crippen LogP contribution is 2.17. The Bertz CT molecular complexity index is 991. The molecule has 10 heteroatoms. The summed E-state index contributed by atoms with van der Waals surface area (Å²) in [5.41, 5.74) is 1.54. The van der Waals surface area contributed by atoms with Crippen molar-refractivity contribution in [1.29, 1.82) is 0 Å². The van der Waals surface area contributed by atoms with Gasteiger partial charge in [0.1, 0.15) is 0 Å². The van der Waals surface area contributed by atoms with E-state index in [4.69, 9.17) is 0 Å². The first kappa shape index (κ1) is 20.5. The first-order valence-corrected chi connectivity index (χ1v) is 10.0. The zero-order valence-corrected chi connectivity index (χ0v) is 16.9. The van der Waals surface area contributed by atoms with E-state index >= 15 is 0 Å². The molecule has 2 aromatic heterocycles. The van der Waals surface area contributed by atoms with Gasteiger partial charge in [-0.2, -0.15) is 0 Å². The van der Waals surface area contributed by atoms with Gasteiger partial charge in [-0.05, 0) is 31.5 Å². The molecule has 3 rings (SSSR count). The maximum atomic E-state index is 12.4. The van der Waals surface area contributed by atoms with Crippen LogP contribution in [0.5, 0.6) is 0 Å². The van der Waals surface area contributed by atoms with Gasteiger partial charge in [0.05, 0.1) is 12.3 Å². The summed E-state index contributed by atoms with van der Waals surface area (Å²) in [5.74, 6) is 0.635. The molecule has 0 radical (unpaired) electrons.